The van der Waals surface area contributed by atoms with E-state index in [1.165, 1.54) is 34.3 Å². The number of benzene rings is 1. The molecule has 9 nitrogen and oxygen atoms in total. The second kappa shape index (κ2) is 6.46. The Labute approximate surface area is 151 Å². The van der Waals surface area contributed by atoms with Crippen molar-refractivity contribution in [2.75, 3.05) is 13.1 Å². The zero-order valence-corrected chi connectivity index (χ0v) is 14.4. The Bertz CT molecular complexity index is 988. The van der Waals surface area contributed by atoms with Crippen LogP contribution >= 0.6 is 11.3 Å². The van der Waals surface area contributed by atoms with Crippen molar-refractivity contribution < 1.29 is 14.8 Å². The Kier molecular flexibility index (Phi) is 4.13. The van der Waals surface area contributed by atoms with Crippen molar-refractivity contribution in [2.24, 2.45) is 0 Å². The van der Waals surface area contributed by atoms with E-state index in [0.29, 0.717) is 41.3 Å². The van der Waals surface area contributed by atoms with Crippen LogP contribution in [0.4, 0.5) is 5.69 Å². The highest BCUT2D eigenvalue weighted by Crippen LogP contribution is 2.41. The third-order valence-corrected chi connectivity index (χ3v) is 5.59. The zero-order valence-electron chi connectivity index (χ0n) is 13.6. The standard InChI is InChI=1S/C16H15N5O4S/c22-12-4-6-19(7-5-12)13(10-2-1-3-11(8-10)21(24)25)14-15(23)20-16(26-14)17-9-18-20/h1-3,8-9,13,23H,4-7H2. The van der Waals surface area contributed by atoms with Crippen molar-refractivity contribution in [3.63, 3.8) is 0 Å². The average Bonchev–Trinajstić information content (AvgIpc) is 3.21. The number of thiazole rings is 1. The summed E-state index contributed by atoms with van der Waals surface area (Å²) >= 11 is 1.29. The summed E-state index contributed by atoms with van der Waals surface area (Å²) in [6.45, 7) is 1.05. The molecule has 1 saturated heterocycles. The number of carbonyl (C=O) groups is 1. The van der Waals surface area contributed by atoms with E-state index in [1.807, 2.05) is 0 Å². The quantitative estimate of drug-likeness (QED) is 0.550. The molecular weight excluding hydrogens is 358 g/mol. The van der Waals surface area contributed by atoms with Gasteiger partial charge in [0, 0.05) is 38.1 Å². The number of likely N-dealkylation sites (tertiary alicyclic amines) is 1. The zero-order chi connectivity index (χ0) is 18.3. The van der Waals surface area contributed by atoms with Gasteiger partial charge in [-0.2, -0.15) is 9.61 Å². The largest absolute Gasteiger partial charge is 0.492 e. The van der Waals surface area contributed by atoms with Crippen molar-refractivity contribution >= 4 is 27.8 Å². The van der Waals surface area contributed by atoms with E-state index in [1.54, 1.807) is 12.1 Å². The third-order valence-electron chi connectivity index (χ3n) is 4.50. The lowest BCUT2D eigenvalue weighted by atomic mass is 9.99. The molecule has 1 aliphatic rings. The van der Waals surface area contributed by atoms with E-state index < -0.39 is 11.0 Å². The highest BCUT2D eigenvalue weighted by Gasteiger charge is 2.32. The highest BCUT2D eigenvalue weighted by molar-refractivity contribution is 7.17. The molecule has 0 spiro atoms. The van der Waals surface area contributed by atoms with E-state index in [4.69, 9.17) is 0 Å². The second-order valence-corrected chi connectivity index (χ2v) is 7.08. The molecule has 1 aliphatic heterocycles. The van der Waals surface area contributed by atoms with E-state index >= 15 is 0 Å². The van der Waals surface area contributed by atoms with E-state index in [-0.39, 0.29) is 17.4 Å². The minimum atomic E-state index is -0.442. The number of nitrogens with zero attached hydrogens (tertiary/aromatic N) is 5. The fourth-order valence-corrected chi connectivity index (χ4v) is 4.33. The number of nitro groups is 1. The number of carbonyl (C=O) groups excluding carboxylic acids is 1. The van der Waals surface area contributed by atoms with Crippen LogP contribution in [-0.2, 0) is 4.79 Å². The van der Waals surface area contributed by atoms with Crippen molar-refractivity contribution in [3.05, 3.63) is 51.1 Å². The molecule has 4 rings (SSSR count). The Morgan fingerprint density at radius 2 is 2.08 bits per heavy atom. The molecule has 2 aromatic heterocycles. The molecular formula is C16H15N5O4S. The number of non-ortho nitro benzene ring substituents is 1. The van der Waals surface area contributed by atoms with Crippen LogP contribution in [0.5, 0.6) is 5.88 Å². The second-order valence-electron chi connectivity index (χ2n) is 6.07. The Morgan fingerprint density at radius 1 is 1.31 bits per heavy atom. The van der Waals surface area contributed by atoms with Gasteiger partial charge in [-0.1, -0.05) is 23.5 Å². The number of fused-ring (bicyclic) bond motifs is 1. The summed E-state index contributed by atoms with van der Waals surface area (Å²) in [5.74, 6) is 0.168. The summed E-state index contributed by atoms with van der Waals surface area (Å²) in [4.78, 5) is 29.7. The fraction of sp³-hybridized carbons (Fsp3) is 0.312. The molecule has 0 radical (unpaired) electrons. The summed E-state index contributed by atoms with van der Waals surface area (Å²) in [5, 5.41) is 25.8. The minimum absolute atomic E-state index is 0.0143. The Hall–Kier alpha value is -2.85. The molecule has 0 bridgehead atoms. The van der Waals surface area contributed by atoms with Crippen LogP contribution in [0.15, 0.2) is 30.6 Å². The van der Waals surface area contributed by atoms with Crippen LogP contribution in [0.3, 0.4) is 0 Å². The number of ketones is 1. The fourth-order valence-electron chi connectivity index (χ4n) is 3.24. The number of rotatable bonds is 4. The SMILES string of the molecule is O=C1CCN(C(c2cccc([N+](=O)[O-])c2)c2sc3ncnn3c2O)CC1. The maximum Gasteiger partial charge on any atom is 0.269 e. The number of aromatic hydroxyl groups is 1. The Morgan fingerprint density at radius 3 is 2.77 bits per heavy atom. The number of aromatic nitrogens is 3. The first-order chi connectivity index (χ1) is 12.5. The number of piperidine rings is 1. The lowest BCUT2D eigenvalue weighted by Gasteiger charge is -2.33. The first-order valence-corrected chi connectivity index (χ1v) is 8.87. The van der Waals surface area contributed by atoms with Gasteiger partial charge < -0.3 is 5.11 Å². The number of hydrogen-bond acceptors (Lipinski definition) is 8. The highest BCUT2D eigenvalue weighted by atomic mass is 32.1. The van der Waals surface area contributed by atoms with E-state index in [2.05, 4.69) is 15.0 Å². The van der Waals surface area contributed by atoms with E-state index in [0.717, 1.165) is 0 Å². The molecule has 134 valence electrons. The molecule has 0 aliphatic carbocycles. The molecule has 3 heterocycles. The van der Waals surface area contributed by atoms with Gasteiger partial charge in [0.15, 0.2) is 0 Å². The van der Waals surface area contributed by atoms with Crippen LogP contribution in [-0.4, -0.2) is 48.4 Å². The summed E-state index contributed by atoms with van der Waals surface area (Å²) < 4.78 is 1.35. The first-order valence-electron chi connectivity index (χ1n) is 8.06. The van der Waals surface area contributed by atoms with Crippen molar-refractivity contribution in [1.82, 2.24) is 19.5 Å². The molecule has 0 amide bonds. The molecule has 3 aromatic rings. The predicted octanol–water partition coefficient (Wildman–Crippen LogP) is 2.16. The van der Waals surface area contributed by atoms with Gasteiger partial charge in [-0.25, -0.2) is 4.98 Å². The summed E-state index contributed by atoms with van der Waals surface area (Å²) in [7, 11) is 0. The van der Waals surface area contributed by atoms with Gasteiger partial charge in [0.2, 0.25) is 10.8 Å². The molecule has 1 unspecified atom stereocenters. The maximum absolute atomic E-state index is 11.6. The van der Waals surface area contributed by atoms with Gasteiger partial charge in [0.1, 0.15) is 12.1 Å². The summed E-state index contributed by atoms with van der Waals surface area (Å²) in [5.41, 5.74) is 0.674. The van der Waals surface area contributed by atoms with Crippen molar-refractivity contribution in [2.45, 2.75) is 18.9 Å². The van der Waals surface area contributed by atoms with Crippen LogP contribution in [0.25, 0.3) is 4.96 Å². The average molecular weight is 373 g/mol. The van der Waals surface area contributed by atoms with Crippen LogP contribution in [0.2, 0.25) is 0 Å². The lowest BCUT2D eigenvalue weighted by molar-refractivity contribution is -0.384. The molecule has 1 atom stereocenters. The smallest absolute Gasteiger partial charge is 0.269 e. The van der Waals surface area contributed by atoms with Crippen molar-refractivity contribution in [3.8, 4) is 5.88 Å². The minimum Gasteiger partial charge on any atom is -0.492 e. The molecule has 1 aromatic carbocycles. The number of nitro benzene ring substituents is 1. The van der Waals surface area contributed by atoms with Gasteiger partial charge in [-0.05, 0) is 5.56 Å². The molecule has 1 fully saturated rings. The maximum atomic E-state index is 11.6. The number of hydrogen-bond donors (Lipinski definition) is 1. The topological polar surface area (TPSA) is 114 Å². The molecule has 26 heavy (non-hydrogen) atoms. The monoisotopic (exact) mass is 373 g/mol. The van der Waals surface area contributed by atoms with Gasteiger partial charge >= 0.3 is 0 Å². The number of Topliss-reactive ketones (excluding diaryl/α,β-unsaturated/α-hetero) is 1. The summed E-state index contributed by atoms with van der Waals surface area (Å²) in [6.07, 6.45) is 2.21. The Balaban J connectivity index is 1.82. The van der Waals surface area contributed by atoms with Gasteiger partial charge in [0.25, 0.3) is 5.69 Å². The van der Waals surface area contributed by atoms with Gasteiger partial charge in [0.05, 0.1) is 15.8 Å². The van der Waals surface area contributed by atoms with Gasteiger partial charge in [-0.3, -0.25) is 19.8 Å². The van der Waals surface area contributed by atoms with Gasteiger partial charge in [-0.15, -0.1) is 0 Å². The van der Waals surface area contributed by atoms with E-state index in [9.17, 15) is 20.0 Å². The van der Waals surface area contributed by atoms with Crippen molar-refractivity contribution in [1.29, 1.82) is 0 Å². The predicted molar refractivity (Wildman–Crippen MR) is 93.3 cm³/mol. The van der Waals surface area contributed by atoms with Crippen LogP contribution < -0.4 is 0 Å². The lowest BCUT2D eigenvalue weighted by Crippen LogP contribution is -2.37. The normalized spacial score (nSPS) is 16.8. The molecule has 1 N–H and O–H groups in total. The molecule has 10 heteroatoms. The first kappa shape index (κ1) is 16.6. The molecule has 0 saturated carbocycles. The van der Waals surface area contributed by atoms with Crippen LogP contribution in [0, 0.1) is 10.1 Å². The summed E-state index contributed by atoms with van der Waals surface area (Å²) in [6, 6.07) is 5.96. The van der Waals surface area contributed by atoms with Crippen LogP contribution in [0.1, 0.15) is 29.3 Å². The third kappa shape index (κ3) is 2.82.